The molecule has 0 saturated carbocycles. The van der Waals surface area contributed by atoms with Crippen LogP contribution >= 0.6 is 0 Å². The molecule has 1 aliphatic heterocycles. The van der Waals surface area contributed by atoms with Gasteiger partial charge >= 0.3 is 0 Å². The fraction of sp³-hybridized carbons (Fsp3) is 0. The number of oxazole rings is 2. The van der Waals surface area contributed by atoms with Gasteiger partial charge in [0.15, 0.2) is 0 Å². The fourth-order valence-electron chi connectivity index (χ4n) is 3.78. The highest BCUT2D eigenvalue weighted by Crippen LogP contribution is 2.33. The van der Waals surface area contributed by atoms with Gasteiger partial charge in [-0.2, -0.15) is 9.97 Å². The van der Waals surface area contributed by atoms with Crippen molar-refractivity contribution in [2.45, 2.75) is 0 Å². The second-order valence-corrected chi connectivity index (χ2v) is 7.51. The van der Waals surface area contributed by atoms with Crippen LogP contribution in [-0.2, 0) is 9.59 Å². The van der Waals surface area contributed by atoms with Crippen LogP contribution in [0.4, 0.5) is 11.4 Å². The molecule has 0 atom stereocenters. The maximum Gasteiger partial charge on any atom is 0.288 e. The summed E-state index contributed by atoms with van der Waals surface area (Å²) < 4.78 is 11.4. The van der Waals surface area contributed by atoms with Gasteiger partial charge in [-0.05, 0) is 36.4 Å². The summed E-state index contributed by atoms with van der Waals surface area (Å²) in [5.74, 6) is -0.555. The van der Waals surface area contributed by atoms with Gasteiger partial charge < -0.3 is 8.83 Å². The molecule has 8 heteroatoms. The first-order valence-electron chi connectivity index (χ1n) is 10.5. The van der Waals surface area contributed by atoms with Gasteiger partial charge in [0.2, 0.25) is 11.8 Å². The van der Waals surface area contributed by atoms with Gasteiger partial charge in [-0.15, -0.1) is 0 Å². The van der Waals surface area contributed by atoms with Gasteiger partial charge in [0.05, 0.1) is 11.4 Å². The van der Waals surface area contributed by atoms with E-state index in [9.17, 15) is 9.59 Å². The predicted molar refractivity (Wildman–Crippen MR) is 125 cm³/mol. The number of hydrazine groups is 1. The lowest BCUT2D eigenvalue weighted by molar-refractivity contribution is -0.116. The number of para-hydroxylation sites is 2. The molecule has 2 aromatic heterocycles. The summed E-state index contributed by atoms with van der Waals surface area (Å²) in [6.07, 6.45) is 1.32. The smallest absolute Gasteiger partial charge is 0.288 e. The van der Waals surface area contributed by atoms with Crippen LogP contribution < -0.4 is 10.0 Å². The number of carbonyl (C=O) groups excluding carboxylic acids is 2. The predicted octanol–water partition coefficient (Wildman–Crippen LogP) is 4.86. The first-order valence-corrected chi connectivity index (χ1v) is 10.5. The highest BCUT2D eigenvalue weighted by atomic mass is 16.4. The van der Waals surface area contributed by atoms with E-state index in [1.807, 2.05) is 42.5 Å². The van der Waals surface area contributed by atoms with E-state index in [4.69, 9.17) is 8.83 Å². The lowest BCUT2D eigenvalue weighted by Gasteiger charge is -2.27. The molecule has 2 amide bonds. The molecule has 0 aliphatic carbocycles. The molecule has 0 spiro atoms. The van der Waals surface area contributed by atoms with Crippen LogP contribution in [0.3, 0.4) is 0 Å². The van der Waals surface area contributed by atoms with Crippen molar-refractivity contribution >= 4 is 40.7 Å². The number of nitrogens with zero attached hydrogens (tertiary/aromatic N) is 4. The Bertz CT molecular complexity index is 1450. The van der Waals surface area contributed by atoms with Crippen LogP contribution in [0.2, 0.25) is 0 Å². The molecular weight excluding hydrogens is 432 g/mol. The van der Waals surface area contributed by atoms with Crippen molar-refractivity contribution in [3.8, 4) is 11.5 Å². The van der Waals surface area contributed by atoms with Gasteiger partial charge in [0, 0.05) is 11.6 Å². The van der Waals surface area contributed by atoms with E-state index < -0.39 is 11.8 Å². The summed E-state index contributed by atoms with van der Waals surface area (Å²) >= 11 is 0. The van der Waals surface area contributed by atoms with Gasteiger partial charge in [-0.1, -0.05) is 54.6 Å². The Hall–Kier alpha value is -4.98. The maximum atomic E-state index is 13.4. The lowest BCUT2D eigenvalue weighted by Crippen LogP contribution is -2.41. The molecule has 1 saturated heterocycles. The highest BCUT2D eigenvalue weighted by molar-refractivity contribution is 6.37. The minimum atomic E-state index is -0.493. The number of benzene rings is 3. The van der Waals surface area contributed by atoms with E-state index in [2.05, 4.69) is 9.97 Å². The van der Waals surface area contributed by atoms with E-state index in [-0.39, 0.29) is 22.9 Å². The molecule has 8 nitrogen and oxygen atoms in total. The Morgan fingerprint density at radius 2 is 1.12 bits per heavy atom. The van der Waals surface area contributed by atoms with E-state index in [1.165, 1.54) is 16.1 Å². The zero-order valence-electron chi connectivity index (χ0n) is 17.7. The van der Waals surface area contributed by atoms with Crippen molar-refractivity contribution in [3.63, 3.8) is 0 Å². The Labute approximate surface area is 193 Å². The number of carbonyl (C=O) groups is 2. The minimum absolute atomic E-state index is 0.0560. The molecule has 0 radical (unpaired) electrons. The Morgan fingerprint density at radius 3 is 1.65 bits per heavy atom. The quantitative estimate of drug-likeness (QED) is 0.288. The van der Waals surface area contributed by atoms with Gasteiger partial charge in [-0.3, -0.25) is 9.59 Å². The average Bonchev–Trinajstić information content (AvgIpc) is 3.52. The van der Waals surface area contributed by atoms with E-state index in [1.54, 1.807) is 48.5 Å². The van der Waals surface area contributed by atoms with Crippen molar-refractivity contribution in [1.82, 2.24) is 9.97 Å². The highest BCUT2D eigenvalue weighted by Gasteiger charge is 2.43. The number of hydrogen-bond acceptors (Lipinski definition) is 6. The number of aromatic nitrogens is 2. The largest absolute Gasteiger partial charge is 0.415 e. The average molecular weight is 448 g/mol. The molecule has 0 bridgehead atoms. The summed E-state index contributed by atoms with van der Waals surface area (Å²) in [6.45, 7) is 0. The van der Waals surface area contributed by atoms with Crippen molar-refractivity contribution in [1.29, 1.82) is 0 Å². The van der Waals surface area contributed by atoms with Crippen LogP contribution in [0.25, 0.3) is 29.0 Å². The van der Waals surface area contributed by atoms with Gasteiger partial charge in [0.25, 0.3) is 23.2 Å². The van der Waals surface area contributed by atoms with Crippen LogP contribution in [-0.4, -0.2) is 21.8 Å². The molecule has 0 unspecified atom stereocenters. The fourth-order valence-corrected chi connectivity index (χ4v) is 3.78. The third-order valence-electron chi connectivity index (χ3n) is 5.33. The van der Waals surface area contributed by atoms with Crippen LogP contribution in [0.1, 0.15) is 5.89 Å². The van der Waals surface area contributed by atoms with Crippen molar-refractivity contribution in [2.75, 3.05) is 10.0 Å². The molecule has 6 rings (SSSR count). The van der Waals surface area contributed by atoms with E-state index >= 15 is 0 Å². The second kappa shape index (κ2) is 7.86. The topological polar surface area (TPSA) is 92.7 Å². The van der Waals surface area contributed by atoms with Crippen molar-refractivity contribution in [2.24, 2.45) is 0 Å². The van der Waals surface area contributed by atoms with Crippen LogP contribution in [0.5, 0.6) is 0 Å². The number of fused-ring (bicyclic) bond motifs is 1. The zero-order valence-corrected chi connectivity index (χ0v) is 17.7. The summed E-state index contributed by atoms with van der Waals surface area (Å²) in [7, 11) is 0. The normalized spacial score (nSPS) is 13.8. The Balaban J connectivity index is 1.40. The minimum Gasteiger partial charge on any atom is -0.415 e. The molecule has 3 aromatic carbocycles. The SMILES string of the molecule is O=C1C(=Cc2nc3oc(-c4ccccc4)nc3o2)C(=O)N(c2ccccc2)N1c1ccccc1. The van der Waals surface area contributed by atoms with Gasteiger partial charge in [0.1, 0.15) is 5.57 Å². The molecule has 5 aromatic rings. The monoisotopic (exact) mass is 448 g/mol. The van der Waals surface area contributed by atoms with E-state index in [0.717, 1.165) is 5.56 Å². The molecule has 3 heterocycles. The van der Waals surface area contributed by atoms with Crippen LogP contribution in [0, 0.1) is 0 Å². The lowest BCUT2D eigenvalue weighted by atomic mass is 10.2. The number of hydrogen-bond donors (Lipinski definition) is 0. The first kappa shape index (κ1) is 19.7. The third-order valence-corrected chi connectivity index (χ3v) is 5.33. The molecule has 164 valence electrons. The van der Waals surface area contributed by atoms with Crippen molar-refractivity contribution < 1.29 is 18.4 Å². The third kappa shape index (κ3) is 3.25. The summed E-state index contributed by atoms with van der Waals surface area (Å²) in [4.78, 5) is 35.4. The molecule has 1 aliphatic rings. The number of anilines is 2. The Kier molecular flexibility index (Phi) is 4.55. The second-order valence-electron chi connectivity index (χ2n) is 7.51. The summed E-state index contributed by atoms with van der Waals surface area (Å²) in [6, 6.07) is 27.3. The zero-order chi connectivity index (χ0) is 23.1. The van der Waals surface area contributed by atoms with Crippen LogP contribution in [0.15, 0.2) is 105 Å². The molecule has 34 heavy (non-hydrogen) atoms. The molecule has 0 N–H and O–H groups in total. The molecular formula is C26H16N4O4. The van der Waals surface area contributed by atoms with Gasteiger partial charge in [-0.25, -0.2) is 10.0 Å². The maximum absolute atomic E-state index is 13.4. The summed E-state index contributed by atoms with van der Waals surface area (Å²) in [5.41, 5.74) is 2.19. The number of rotatable bonds is 4. The first-order chi connectivity index (χ1) is 16.7. The van der Waals surface area contributed by atoms with Crippen molar-refractivity contribution in [3.05, 3.63) is 102 Å². The number of amides is 2. The standard InChI is InChI=1S/C26H16N4O4/c31-25-20(16-21-27-23-24(33-21)28-22(34-23)17-10-4-1-5-11-17)26(32)30(19-14-8-3-9-15-19)29(25)18-12-6-2-7-13-18/h1-16H. The molecule has 1 fully saturated rings. The Morgan fingerprint density at radius 1 is 0.618 bits per heavy atom. The van der Waals surface area contributed by atoms with E-state index in [0.29, 0.717) is 17.3 Å². The summed E-state index contributed by atoms with van der Waals surface area (Å²) in [5, 5.41) is 2.67.